The molecule has 0 bridgehead atoms. The van der Waals surface area contributed by atoms with Gasteiger partial charge in [-0.2, -0.15) is 5.10 Å². The lowest BCUT2D eigenvalue weighted by atomic mass is 9.90. The summed E-state index contributed by atoms with van der Waals surface area (Å²) in [5.41, 5.74) is 6.24. The van der Waals surface area contributed by atoms with Crippen molar-refractivity contribution in [3.8, 4) is 0 Å². The molecule has 3 rings (SSSR count). The van der Waals surface area contributed by atoms with Crippen LogP contribution >= 0.6 is 11.3 Å². The first-order chi connectivity index (χ1) is 11.8. The molecule has 1 aromatic heterocycles. The van der Waals surface area contributed by atoms with Gasteiger partial charge >= 0.3 is 0 Å². The Bertz CT molecular complexity index is 645. The number of aromatic nitrogens is 1. The molecular weight excluding hydrogens is 318 g/mol. The van der Waals surface area contributed by atoms with E-state index in [4.69, 9.17) is 4.74 Å². The fraction of sp³-hybridized carbons (Fsp3) is 0.474. The van der Waals surface area contributed by atoms with Crippen molar-refractivity contribution in [3.63, 3.8) is 0 Å². The molecule has 2 aromatic rings. The van der Waals surface area contributed by atoms with Crippen molar-refractivity contribution in [3.05, 3.63) is 46.5 Å². The van der Waals surface area contributed by atoms with Gasteiger partial charge in [0.05, 0.1) is 18.5 Å². The van der Waals surface area contributed by atoms with Gasteiger partial charge in [0.25, 0.3) is 0 Å². The van der Waals surface area contributed by atoms with E-state index in [1.807, 2.05) is 18.5 Å². The molecule has 0 amide bonds. The van der Waals surface area contributed by atoms with Crippen LogP contribution in [0.5, 0.6) is 0 Å². The molecule has 1 saturated carbocycles. The van der Waals surface area contributed by atoms with E-state index in [1.54, 1.807) is 11.3 Å². The average Bonchev–Trinajstić information content (AvgIpc) is 3.03. The Balaban J connectivity index is 1.41. The molecule has 0 saturated heterocycles. The molecule has 0 unspecified atom stereocenters. The molecule has 128 valence electrons. The van der Waals surface area contributed by atoms with Crippen molar-refractivity contribution in [1.82, 2.24) is 4.98 Å². The molecule has 1 N–H and O–H groups in total. The summed E-state index contributed by atoms with van der Waals surface area (Å²) in [7, 11) is 0. The van der Waals surface area contributed by atoms with Gasteiger partial charge < -0.3 is 4.74 Å². The van der Waals surface area contributed by atoms with E-state index in [1.165, 1.54) is 37.7 Å². The topological polar surface area (TPSA) is 46.5 Å². The number of benzene rings is 1. The SMILES string of the molecule is Cc1csc(NN=Cc2ccc(COCC3CCCCC3)cc2)n1. The van der Waals surface area contributed by atoms with Crippen molar-refractivity contribution in [1.29, 1.82) is 0 Å². The predicted molar refractivity (Wildman–Crippen MR) is 101 cm³/mol. The van der Waals surface area contributed by atoms with Crippen LogP contribution in [0.3, 0.4) is 0 Å². The van der Waals surface area contributed by atoms with E-state index in [-0.39, 0.29) is 0 Å². The highest BCUT2D eigenvalue weighted by Crippen LogP contribution is 2.24. The van der Waals surface area contributed by atoms with Crippen LogP contribution in [-0.2, 0) is 11.3 Å². The van der Waals surface area contributed by atoms with E-state index in [9.17, 15) is 0 Å². The second-order valence-electron chi connectivity index (χ2n) is 6.42. The lowest BCUT2D eigenvalue weighted by Crippen LogP contribution is -2.13. The number of nitrogens with one attached hydrogen (secondary N) is 1. The van der Waals surface area contributed by atoms with Crippen LogP contribution in [0.1, 0.15) is 48.9 Å². The number of thiazole rings is 1. The van der Waals surface area contributed by atoms with Crippen molar-refractivity contribution in [2.75, 3.05) is 12.0 Å². The van der Waals surface area contributed by atoms with Crippen LogP contribution in [0, 0.1) is 12.8 Å². The Kier molecular flexibility index (Phi) is 6.38. The minimum absolute atomic E-state index is 0.699. The maximum atomic E-state index is 5.89. The normalized spacial score (nSPS) is 15.9. The summed E-state index contributed by atoms with van der Waals surface area (Å²) >= 11 is 1.56. The zero-order valence-corrected chi connectivity index (χ0v) is 15.0. The first-order valence-electron chi connectivity index (χ1n) is 8.67. The quantitative estimate of drug-likeness (QED) is 0.569. The number of rotatable bonds is 7. The van der Waals surface area contributed by atoms with Crippen molar-refractivity contribution < 1.29 is 4.74 Å². The third kappa shape index (κ3) is 5.42. The molecule has 5 heteroatoms. The zero-order valence-electron chi connectivity index (χ0n) is 14.2. The van der Waals surface area contributed by atoms with E-state index in [0.717, 1.165) is 28.9 Å². The summed E-state index contributed by atoms with van der Waals surface area (Å²) in [5.74, 6) is 0.769. The van der Waals surface area contributed by atoms with Gasteiger partial charge in [-0.25, -0.2) is 4.98 Å². The standard InChI is InChI=1S/C19H25N3OS/c1-15-14-24-19(21-15)22-20-11-16-7-9-18(10-8-16)13-23-12-17-5-3-2-4-6-17/h7-11,14,17H,2-6,12-13H2,1H3,(H,21,22). The van der Waals surface area contributed by atoms with Gasteiger partial charge in [-0.3, -0.25) is 5.43 Å². The van der Waals surface area contributed by atoms with Crippen molar-refractivity contribution in [2.45, 2.75) is 45.6 Å². The maximum Gasteiger partial charge on any atom is 0.203 e. The number of hydrogen-bond donors (Lipinski definition) is 1. The molecule has 0 atom stereocenters. The summed E-state index contributed by atoms with van der Waals surface area (Å²) in [4.78, 5) is 4.31. The highest BCUT2D eigenvalue weighted by atomic mass is 32.1. The van der Waals surface area contributed by atoms with Crippen LogP contribution in [0.15, 0.2) is 34.7 Å². The Morgan fingerprint density at radius 2 is 2.04 bits per heavy atom. The number of aryl methyl sites for hydroxylation is 1. The van der Waals surface area contributed by atoms with Crippen LogP contribution in [0.2, 0.25) is 0 Å². The van der Waals surface area contributed by atoms with Gasteiger partial charge in [0.2, 0.25) is 5.13 Å². The number of hydrogen-bond acceptors (Lipinski definition) is 5. The highest BCUT2D eigenvalue weighted by Gasteiger charge is 2.13. The molecule has 1 heterocycles. The summed E-state index contributed by atoms with van der Waals surface area (Å²) < 4.78 is 5.89. The Morgan fingerprint density at radius 3 is 2.75 bits per heavy atom. The van der Waals surface area contributed by atoms with Gasteiger partial charge in [-0.1, -0.05) is 43.5 Å². The fourth-order valence-electron chi connectivity index (χ4n) is 2.96. The minimum atomic E-state index is 0.699. The van der Waals surface area contributed by atoms with Gasteiger partial charge in [0, 0.05) is 12.0 Å². The molecule has 24 heavy (non-hydrogen) atoms. The van der Waals surface area contributed by atoms with Gasteiger partial charge in [-0.05, 0) is 36.8 Å². The van der Waals surface area contributed by atoms with Crippen LogP contribution in [0.25, 0.3) is 0 Å². The minimum Gasteiger partial charge on any atom is -0.376 e. The Labute approximate surface area is 148 Å². The largest absolute Gasteiger partial charge is 0.376 e. The first kappa shape index (κ1) is 17.1. The second-order valence-corrected chi connectivity index (χ2v) is 7.28. The molecule has 1 aromatic carbocycles. The third-order valence-electron chi connectivity index (χ3n) is 4.32. The number of ether oxygens (including phenoxy) is 1. The zero-order chi connectivity index (χ0) is 16.6. The molecule has 1 aliphatic carbocycles. The van der Waals surface area contributed by atoms with Crippen LogP contribution < -0.4 is 5.43 Å². The molecule has 1 aliphatic rings. The lowest BCUT2D eigenvalue weighted by molar-refractivity contribution is 0.0739. The number of hydrazone groups is 1. The van der Waals surface area contributed by atoms with E-state index in [2.05, 4.69) is 39.8 Å². The van der Waals surface area contributed by atoms with Crippen molar-refractivity contribution in [2.24, 2.45) is 11.0 Å². The van der Waals surface area contributed by atoms with Gasteiger partial charge in [0.1, 0.15) is 0 Å². The maximum absolute atomic E-state index is 5.89. The first-order valence-corrected chi connectivity index (χ1v) is 9.55. The molecule has 1 fully saturated rings. The summed E-state index contributed by atoms with van der Waals surface area (Å²) in [6, 6.07) is 8.35. The van der Waals surface area contributed by atoms with E-state index >= 15 is 0 Å². The Hall–Kier alpha value is -1.72. The van der Waals surface area contributed by atoms with Gasteiger partial charge in [0.15, 0.2) is 0 Å². The summed E-state index contributed by atoms with van der Waals surface area (Å²) in [6.45, 7) is 3.57. The van der Waals surface area contributed by atoms with E-state index in [0.29, 0.717) is 6.61 Å². The van der Waals surface area contributed by atoms with Gasteiger partial charge in [-0.15, -0.1) is 11.3 Å². The summed E-state index contributed by atoms with van der Waals surface area (Å²) in [6.07, 6.45) is 8.62. The molecule has 4 nitrogen and oxygen atoms in total. The Morgan fingerprint density at radius 1 is 1.25 bits per heavy atom. The predicted octanol–water partition coefficient (Wildman–Crippen LogP) is 4.99. The smallest absolute Gasteiger partial charge is 0.203 e. The molecule has 0 aliphatic heterocycles. The second kappa shape index (κ2) is 8.94. The number of anilines is 1. The summed E-state index contributed by atoms with van der Waals surface area (Å²) in [5, 5.41) is 7.04. The molecule has 0 radical (unpaired) electrons. The lowest BCUT2D eigenvalue weighted by Gasteiger charge is -2.21. The monoisotopic (exact) mass is 343 g/mol. The molecular formula is C19H25N3OS. The highest BCUT2D eigenvalue weighted by molar-refractivity contribution is 7.13. The van der Waals surface area contributed by atoms with Crippen LogP contribution in [-0.4, -0.2) is 17.8 Å². The fourth-order valence-corrected chi connectivity index (χ4v) is 3.60. The average molecular weight is 343 g/mol. The molecule has 0 spiro atoms. The van der Waals surface area contributed by atoms with E-state index < -0.39 is 0 Å². The van der Waals surface area contributed by atoms with Crippen molar-refractivity contribution >= 4 is 22.7 Å². The third-order valence-corrected chi connectivity index (χ3v) is 5.18. The van der Waals surface area contributed by atoms with Crippen LogP contribution in [0.4, 0.5) is 5.13 Å². The number of nitrogens with zero attached hydrogens (tertiary/aromatic N) is 2.